The van der Waals surface area contributed by atoms with Crippen LogP contribution in [0.2, 0.25) is 0 Å². The molecule has 4 nitrogen and oxygen atoms in total. The van der Waals surface area contributed by atoms with E-state index >= 15 is 0 Å². The van der Waals surface area contributed by atoms with E-state index in [1.165, 1.54) is 0 Å². The molecule has 0 heterocycles. The highest BCUT2D eigenvalue weighted by Crippen LogP contribution is 2.08. The smallest absolute Gasteiger partial charge is 0.246 e. The number of carbonyl (C=O) groups excluding carboxylic acids is 2. The summed E-state index contributed by atoms with van der Waals surface area (Å²) in [7, 11) is 3.09. The minimum atomic E-state index is -0.199. The van der Waals surface area contributed by atoms with E-state index in [9.17, 15) is 9.59 Å². The van der Waals surface area contributed by atoms with Gasteiger partial charge in [0, 0.05) is 25.2 Å². The van der Waals surface area contributed by atoms with Gasteiger partial charge in [-0.25, -0.2) is 0 Å². The summed E-state index contributed by atoms with van der Waals surface area (Å²) in [5.41, 5.74) is 0.912. The maximum Gasteiger partial charge on any atom is 0.246 e. The SMILES string of the molecule is C=C(CCC(=C)C(=O)NC)C(=O)NC. The first-order chi connectivity index (χ1) is 6.52. The molecule has 2 N–H and O–H groups in total. The van der Waals surface area contributed by atoms with Gasteiger partial charge in [0.05, 0.1) is 0 Å². The fourth-order valence-corrected chi connectivity index (χ4v) is 0.882. The van der Waals surface area contributed by atoms with Crippen LogP contribution in [0.1, 0.15) is 12.8 Å². The Bertz CT molecular complexity index is 241. The predicted molar refractivity (Wildman–Crippen MR) is 55.6 cm³/mol. The average molecular weight is 196 g/mol. The van der Waals surface area contributed by atoms with Crippen molar-refractivity contribution in [1.29, 1.82) is 0 Å². The molecule has 0 radical (unpaired) electrons. The van der Waals surface area contributed by atoms with Gasteiger partial charge in [-0.05, 0) is 12.8 Å². The molecule has 0 aliphatic carbocycles. The zero-order chi connectivity index (χ0) is 11.1. The number of nitrogens with one attached hydrogen (secondary N) is 2. The predicted octanol–water partition coefficient (Wildman–Crippen LogP) is 0.371. The fraction of sp³-hybridized carbons (Fsp3) is 0.400. The van der Waals surface area contributed by atoms with Crippen molar-refractivity contribution in [3.8, 4) is 0 Å². The molecule has 0 saturated heterocycles. The second-order valence-electron chi connectivity index (χ2n) is 2.87. The van der Waals surface area contributed by atoms with E-state index < -0.39 is 0 Å². The van der Waals surface area contributed by atoms with E-state index in [1.54, 1.807) is 14.1 Å². The molecule has 0 aliphatic heterocycles. The third-order valence-electron chi connectivity index (χ3n) is 1.82. The second-order valence-corrected chi connectivity index (χ2v) is 2.87. The van der Waals surface area contributed by atoms with Crippen molar-refractivity contribution in [3.05, 3.63) is 24.3 Å². The van der Waals surface area contributed by atoms with E-state index in [1.807, 2.05) is 0 Å². The van der Waals surface area contributed by atoms with Crippen molar-refractivity contribution in [2.75, 3.05) is 14.1 Å². The van der Waals surface area contributed by atoms with Gasteiger partial charge >= 0.3 is 0 Å². The molecule has 78 valence electrons. The maximum absolute atomic E-state index is 11.0. The normalized spacial score (nSPS) is 9.00. The topological polar surface area (TPSA) is 58.2 Å². The first kappa shape index (κ1) is 12.4. The lowest BCUT2D eigenvalue weighted by Gasteiger charge is -2.05. The van der Waals surface area contributed by atoms with E-state index in [0.29, 0.717) is 24.0 Å². The Morgan fingerprint density at radius 2 is 1.21 bits per heavy atom. The highest BCUT2D eigenvalue weighted by molar-refractivity contribution is 5.94. The molecule has 4 heteroatoms. The van der Waals surface area contributed by atoms with E-state index in [-0.39, 0.29) is 11.8 Å². The number of rotatable bonds is 5. The summed E-state index contributed by atoms with van der Waals surface area (Å²) in [4.78, 5) is 22.0. The van der Waals surface area contributed by atoms with Gasteiger partial charge in [-0.15, -0.1) is 0 Å². The Balaban J connectivity index is 3.95. The second kappa shape index (κ2) is 5.96. The molecule has 0 fully saturated rings. The molecule has 0 aromatic rings. The summed E-state index contributed by atoms with van der Waals surface area (Å²) in [6.45, 7) is 7.20. The quantitative estimate of drug-likeness (QED) is 0.624. The molecule has 2 amide bonds. The highest BCUT2D eigenvalue weighted by atomic mass is 16.2. The van der Waals surface area contributed by atoms with Crippen LogP contribution in [0.15, 0.2) is 24.3 Å². The Morgan fingerprint density at radius 3 is 1.43 bits per heavy atom. The van der Waals surface area contributed by atoms with Crippen LogP contribution in [0.4, 0.5) is 0 Å². The largest absolute Gasteiger partial charge is 0.355 e. The van der Waals surface area contributed by atoms with E-state index in [2.05, 4.69) is 23.8 Å². The van der Waals surface area contributed by atoms with Gasteiger partial charge in [0.2, 0.25) is 11.8 Å². The summed E-state index contributed by atoms with van der Waals surface area (Å²) in [6.07, 6.45) is 0.901. The fourth-order valence-electron chi connectivity index (χ4n) is 0.882. The molecule has 0 aromatic heterocycles. The van der Waals surface area contributed by atoms with Crippen LogP contribution in [-0.4, -0.2) is 25.9 Å². The van der Waals surface area contributed by atoms with Crippen molar-refractivity contribution in [1.82, 2.24) is 10.6 Å². The van der Waals surface area contributed by atoms with E-state index in [0.717, 1.165) is 0 Å². The third kappa shape index (κ3) is 3.89. The zero-order valence-electron chi connectivity index (χ0n) is 8.64. The monoisotopic (exact) mass is 196 g/mol. The lowest BCUT2D eigenvalue weighted by atomic mass is 10.1. The molecular formula is C10H16N2O2. The number of likely N-dealkylation sites (N-methyl/N-ethyl adjacent to an activating group) is 2. The van der Waals surface area contributed by atoms with Crippen LogP contribution >= 0.6 is 0 Å². The van der Waals surface area contributed by atoms with Crippen LogP contribution in [0.3, 0.4) is 0 Å². The summed E-state index contributed by atoms with van der Waals surface area (Å²) in [6, 6.07) is 0. The van der Waals surface area contributed by atoms with Crippen LogP contribution in [0.25, 0.3) is 0 Å². The van der Waals surface area contributed by atoms with Gasteiger partial charge in [-0.2, -0.15) is 0 Å². The number of carbonyl (C=O) groups is 2. The van der Waals surface area contributed by atoms with Gasteiger partial charge < -0.3 is 10.6 Å². The van der Waals surface area contributed by atoms with Crippen molar-refractivity contribution in [2.45, 2.75) is 12.8 Å². The maximum atomic E-state index is 11.0. The molecule has 0 spiro atoms. The molecule has 0 bridgehead atoms. The Kier molecular flexibility index (Phi) is 5.29. The lowest BCUT2D eigenvalue weighted by molar-refractivity contribution is -0.118. The van der Waals surface area contributed by atoms with Gasteiger partial charge in [-0.3, -0.25) is 9.59 Å². The summed E-state index contributed by atoms with van der Waals surface area (Å²) in [5, 5.41) is 4.93. The van der Waals surface area contributed by atoms with Crippen LogP contribution in [0.5, 0.6) is 0 Å². The van der Waals surface area contributed by atoms with Crippen LogP contribution in [0, 0.1) is 0 Å². The summed E-state index contributed by atoms with van der Waals surface area (Å²) < 4.78 is 0. The van der Waals surface area contributed by atoms with Crippen LogP contribution in [-0.2, 0) is 9.59 Å². The Hall–Kier alpha value is -1.58. The Morgan fingerprint density at radius 1 is 0.929 bits per heavy atom. The van der Waals surface area contributed by atoms with Crippen molar-refractivity contribution in [3.63, 3.8) is 0 Å². The number of hydrogen-bond donors (Lipinski definition) is 2. The Labute approximate surface area is 84.1 Å². The standard InChI is InChI=1S/C10H16N2O2/c1-7(9(13)11-3)5-6-8(2)10(14)12-4/h1-2,5-6H2,3-4H3,(H,11,13)(H,12,14). The van der Waals surface area contributed by atoms with Crippen LogP contribution < -0.4 is 10.6 Å². The molecule has 0 aliphatic rings. The molecule has 0 saturated carbocycles. The van der Waals surface area contributed by atoms with Gasteiger partial charge in [0.25, 0.3) is 0 Å². The molecule has 14 heavy (non-hydrogen) atoms. The highest BCUT2D eigenvalue weighted by Gasteiger charge is 2.08. The number of amides is 2. The van der Waals surface area contributed by atoms with Gasteiger partial charge in [0.1, 0.15) is 0 Å². The van der Waals surface area contributed by atoms with E-state index in [4.69, 9.17) is 0 Å². The summed E-state index contributed by atoms with van der Waals surface area (Å²) in [5.74, 6) is -0.399. The lowest BCUT2D eigenvalue weighted by Crippen LogP contribution is -2.21. The van der Waals surface area contributed by atoms with Crippen molar-refractivity contribution >= 4 is 11.8 Å². The van der Waals surface area contributed by atoms with Gasteiger partial charge in [0.15, 0.2) is 0 Å². The molecule has 0 aromatic carbocycles. The van der Waals surface area contributed by atoms with Gasteiger partial charge in [-0.1, -0.05) is 13.2 Å². The first-order valence-electron chi connectivity index (χ1n) is 4.32. The number of hydrogen-bond acceptors (Lipinski definition) is 2. The first-order valence-corrected chi connectivity index (χ1v) is 4.32. The molecule has 0 rings (SSSR count). The molecule has 0 unspecified atom stereocenters. The third-order valence-corrected chi connectivity index (χ3v) is 1.82. The minimum Gasteiger partial charge on any atom is -0.355 e. The minimum absolute atomic E-state index is 0.199. The molecule has 0 atom stereocenters. The van der Waals surface area contributed by atoms with Crippen molar-refractivity contribution < 1.29 is 9.59 Å². The average Bonchev–Trinajstić information content (AvgIpc) is 2.22. The molecular weight excluding hydrogens is 180 g/mol. The van der Waals surface area contributed by atoms with Crippen molar-refractivity contribution in [2.24, 2.45) is 0 Å². The zero-order valence-corrected chi connectivity index (χ0v) is 8.64. The summed E-state index contributed by atoms with van der Waals surface area (Å²) >= 11 is 0.